The molecule has 2 amide bonds. The van der Waals surface area contributed by atoms with Gasteiger partial charge in [-0.25, -0.2) is 4.98 Å². The Kier molecular flexibility index (Phi) is 5.72. The molecule has 7 heteroatoms. The highest BCUT2D eigenvalue weighted by molar-refractivity contribution is 5.97. The zero-order chi connectivity index (χ0) is 20.3. The maximum Gasteiger partial charge on any atom is 0.287 e. The van der Waals surface area contributed by atoms with Gasteiger partial charge >= 0.3 is 0 Å². The molecule has 1 aromatic carbocycles. The highest BCUT2D eigenvalue weighted by Crippen LogP contribution is 2.22. The van der Waals surface area contributed by atoms with Gasteiger partial charge in [-0.1, -0.05) is 18.2 Å². The van der Waals surface area contributed by atoms with Crippen LogP contribution in [0.1, 0.15) is 66.0 Å². The SMILES string of the molecule is COc1ccccc1CNC(=O)c1nc(C(=O)NC(C)(C)C)c2n1CCCC2. The number of ether oxygens (including phenoxy) is 1. The summed E-state index contributed by atoms with van der Waals surface area (Å²) in [6, 6.07) is 7.54. The van der Waals surface area contributed by atoms with E-state index in [0.717, 1.165) is 36.3 Å². The fraction of sp³-hybridized carbons (Fsp3) is 0.476. The molecule has 2 N–H and O–H groups in total. The molecule has 0 aliphatic carbocycles. The highest BCUT2D eigenvalue weighted by Gasteiger charge is 2.29. The van der Waals surface area contributed by atoms with Gasteiger partial charge in [0.2, 0.25) is 0 Å². The number of benzene rings is 1. The lowest BCUT2D eigenvalue weighted by Gasteiger charge is -2.21. The van der Waals surface area contributed by atoms with Crippen LogP contribution >= 0.6 is 0 Å². The van der Waals surface area contributed by atoms with Crippen LogP contribution in [0.4, 0.5) is 0 Å². The maximum atomic E-state index is 12.8. The number of nitrogens with zero attached hydrogens (tertiary/aromatic N) is 2. The van der Waals surface area contributed by atoms with Gasteiger partial charge in [-0.05, 0) is 46.1 Å². The molecule has 1 aliphatic heterocycles. The van der Waals surface area contributed by atoms with Crippen LogP contribution in [-0.4, -0.2) is 34.0 Å². The minimum atomic E-state index is -0.367. The molecule has 0 saturated carbocycles. The van der Waals surface area contributed by atoms with Crippen LogP contribution in [0.25, 0.3) is 0 Å². The van der Waals surface area contributed by atoms with Crippen molar-refractivity contribution in [3.05, 3.63) is 47.0 Å². The van der Waals surface area contributed by atoms with Crippen LogP contribution in [0.3, 0.4) is 0 Å². The van der Waals surface area contributed by atoms with Crippen molar-refractivity contribution in [2.45, 2.75) is 58.7 Å². The van der Waals surface area contributed by atoms with Crippen LogP contribution in [0.2, 0.25) is 0 Å². The number of hydrogen-bond acceptors (Lipinski definition) is 4. The molecule has 0 saturated heterocycles. The van der Waals surface area contributed by atoms with E-state index in [-0.39, 0.29) is 17.4 Å². The lowest BCUT2D eigenvalue weighted by atomic mass is 10.1. The fourth-order valence-electron chi connectivity index (χ4n) is 3.40. The predicted octanol–water partition coefficient (Wildman–Crippen LogP) is 2.69. The van der Waals surface area contributed by atoms with E-state index in [2.05, 4.69) is 15.6 Å². The lowest BCUT2D eigenvalue weighted by molar-refractivity contribution is 0.0913. The van der Waals surface area contributed by atoms with E-state index in [1.807, 2.05) is 49.6 Å². The zero-order valence-electron chi connectivity index (χ0n) is 17.0. The summed E-state index contributed by atoms with van der Waals surface area (Å²) in [5.41, 5.74) is 1.72. The van der Waals surface area contributed by atoms with Gasteiger partial charge in [0.25, 0.3) is 11.8 Å². The van der Waals surface area contributed by atoms with E-state index in [1.54, 1.807) is 7.11 Å². The third kappa shape index (κ3) is 4.35. The monoisotopic (exact) mass is 384 g/mol. The summed E-state index contributed by atoms with van der Waals surface area (Å²) in [6.45, 7) is 6.80. The van der Waals surface area contributed by atoms with E-state index < -0.39 is 0 Å². The lowest BCUT2D eigenvalue weighted by Crippen LogP contribution is -2.41. The predicted molar refractivity (Wildman–Crippen MR) is 107 cm³/mol. The van der Waals surface area contributed by atoms with Crippen LogP contribution in [0, 0.1) is 0 Å². The van der Waals surface area contributed by atoms with Crippen LogP contribution < -0.4 is 15.4 Å². The van der Waals surface area contributed by atoms with Gasteiger partial charge in [-0.3, -0.25) is 9.59 Å². The summed E-state index contributed by atoms with van der Waals surface area (Å²) in [7, 11) is 1.60. The number of nitrogens with one attached hydrogen (secondary N) is 2. The quantitative estimate of drug-likeness (QED) is 0.830. The van der Waals surface area contributed by atoms with E-state index >= 15 is 0 Å². The Labute approximate surface area is 165 Å². The van der Waals surface area contributed by atoms with Gasteiger partial charge in [0.15, 0.2) is 5.82 Å². The fourth-order valence-corrected chi connectivity index (χ4v) is 3.40. The average molecular weight is 384 g/mol. The van der Waals surface area contributed by atoms with Crippen molar-refractivity contribution >= 4 is 11.8 Å². The van der Waals surface area contributed by atoms with Crippen molar-refractivity contribution < 1.29 is 14.3 Å². The Morgan fingerprint density at radius 3 is 2.64 bits per heavy atom. The first-order valence-corrected chi connectivity index (χ1v) is 9.62. The Bertz CT molecular complexity index is 880. The van der Waals surface area contributed by atoms with Crippen LogP contribution in [0.5, 0.6) is 5.75 Å². The number of rotatable bonds is 5. The van der Waals surface area contributed by atoms with Gasteiger partial charge in [-0.15, -0.1) is 0 Å². The standard InChI is InChI=1S/C21H28N4O3/c1-21(2,3)24-19(26)17-15-10-7-8-12-25(15)18(23-17)20(27)22-13-14-9-5-6-11-16(14)28-4/h5-6,9,11H,7-8,10,12-13H2,1-4H3,(H,22,27)(H,24,26). The Hall–Kier alpha value is -2.83. The number of fused-ring (bicyclic) bond motifs is 1. The Morgan fingerprint density at radius 1 is 1.18 bits per heavy atom. The van der Waals surface area contributed by atoms with E-state index in [0.29, 0.717) is 24.6 Å². The molecule has 0 radical (unpaired) electrons. The van der Waals surface area contributed by atoms with Gasteiger partial charge < -0.3 is 19.9 Å². The van der Waals surface area contributed by atoms with Gasteiger partial charge in [0.05, 0.1) is 12.8 Å². The van der Waals surface area contributed by atoms with Gasteiger partial charge in [-0.2, -0.15) is 0 Å². The zero-order valence-corrected chi connectivity index (χ0v) is 17.0. The molecule has 150 valence electrons. The topological polar surface area (TPSA) is 85.2 Å². The van der Waals surface area contributed by atoms with Crippen molar-refractivity contribution in [3.63, 3.8) is 0 Å². The molecule has 3 rings (SSSR count). The first-order chi connectivity index (χ1) is 13.3. The summed E-state index contributed by atoms with van der Waals surface area (Å²) < 4.78 is 7.22. The average Bonchev–Trinajstić information content (AvgIpc) is 3.05. The first kappa shape index (κ1) is 19.9. The highest BCUT2D eigenvalue weighted by atomic mass is 16.5. The Balaban J connectivity index is 1.83. The first-order valence-electron chi connectivity index (χ1n) is 9.62. The molecule has 0 bridgehead atoms. The number of carbonyl (C=O) groups is 2. The van der Waals surface area contributed by atoms with Crippen molar-refractivity contribution in [1.82, 2.24) is 20.2 Å². The largest absolute Gasteiger partial charge is 0.496 e. The van der Waals surface area contributed by atoms with E-state index in [1.165, 1.54) is 0 Å². The summed E-state index contributed by atoms with van der Waals surface area (Å²) in [5, 5.41) is 5.85. The van der Waals surface area contributed by atoms with Crippen LogP contribution in [-0.2, 0) is 19.5 Å². The Morgan fingerprint density at radius 2 is 1.93 bits per heavy atom. The molecule has 0 unspecified atom stereocenters. The molecule has 2 heterocycles. The molecule has 1 aliphatic rings. The summed E-state index contributed by atoms with van der Waals surface area (Å²) in [6.07, 6.45) is 2.71. The van der Waals surface area contributed by atoms with Gasteiger partial charge in [0, 0.05) is 24.2 Å². The van der Waals surface area contributed by atoms with Crippen molar-refractivity contribution in [2.24, 2.45) is 0 Å². The van der Waals surface area contributed by atoms with E-state index in [9.17, 15) is 9.59 Å². The van der Waals surface area contributed by atoms with Crippen molar-refractivity contribution in [2.75, 3.05) is 7.11 Å². The number of aromatic nitrogens is 2. The molecule has 1 aromatic heterocycles. The second kappa shape index (κ2) is 8.04. The number of carbonyl (C=O) groups excluding carboxylic acids is 2. The number of para-hydroxylation sites is 1. The number of imidazole rings is 1. The third-order valence-electron chi connectivity index (χ3n) is 4.66. The minimum absolute atomic E-state index is 0.234. The molecular formula is C21H28N4O3. The van der Waals surface area contributed by atoms with E-state index in [4.69, 9.17) is 4.74 Å². The van der Waals surface area contributed by atoms with Crippen molar-refractivity contribution in [1.29, 1.82) is 0 Å². The summed E-state index contributed by atoms with van der Waals surface area (Å²) in [5.74, 6) is 0.493. The second-order valence-electron chi connectivity index (χ2n) is 8.04. The number of hydrogen-bond donors (Lipinski definition) is 2. The molecule has 7 nitrogen and oxygen atoms in total. The smallest absolute Gasteiger partial charge is 0.287 e. The van der Waals surface area contributed by atoms with Crippen molar-refractivity contribution in [3.8, 4) is 5.75 Å². The molecule has 0 spiro atoms. The summed E-state index contributed by atoms with van der Waals surface area (Å²) >= 11 is 0. The number of amides is 2. The third-order valence-corrected chi connectivity index (χ3v) is 4.66. The molecule has 0 fully saturated rings. The second-order valence-corrected chi connectivity index (χ2v) is 8.04. The maximum absolute atomic E-state index is 12.8. The van der Waals surface area contributed by atoms with Crippen LogP contribution in [0.15, 0.2) is 24.3 Å². The summed E-state index contributed by atoms with van der Waals surface area (Å²) in [4.78, 5) is 30.0. The molecular weight excluding hydrogens is 356 g/mol. The molecule has 0 atom stereocenters. The molecule has 28 heavy (non-hydrogen) atoms. The van der Waals surface area contributed by atoms with Gasteiger partial charge in [0.1, 0.15) is 11.4 Å². The molecule has 2 aromatic rings. The normalized spacial score (nSPS) is 13.6. The minimum Gasteiger partial charge on any atom is -0.496 e. The number of methoxy groups -OCH3 is 1.